The van der Waals surface area contributed by atoms with Crippen LogP contribution in [0.3, 0.4) is 0 Å². The summed E-state index contributed by atoms with van der Waals surface area (Å²) >= 11 is 0. The Balaban J connectivity index is 3.66. The lowest BCUT2D eigenvalue weighted by Crippen LogP contribution is -1.99. The van der Waals surface area contributed by atoms with Crippen molar-refractivity contribution in [3.8, 4) is 35.5 Å². The summed E-state index contributed by atoms with van der Waals surface area (Å²) in [6.45, 7) is 3.61. The normalized spacial score (nSPS) is 8.78. The zero-order valence-corrected chi connectivity index (χ0v) is 10.7. The van der Waals surface area contributed by atoms with E-state index in [2.05, 4.69) is 35.5 Å². The van der Waals surface area contributed by atoms with Gasteiger partial charge in [0.1, 0.15) is 0 Å². The molecule has 0 spiro atoms. The van der Waals surface area contributed by atoms with Gasteiger partial charge < -0.3 is 4.74 Å². The van der Waals surface area contributed by atoms with E-state index in [9.17, 15) is 4.79 Å². The van der Waals surface area contributed by atoms with Crippen LogP contribution in [0, 0.1) is 35.5 Å². The Morgan fingerprint density at radius 3 is 2.67 bits per heavy atom. The molecule has 0 radical (unpaired) electrons. The fourth-order valence-electron chi connectivity index (χ4n) is 0.898. The van der Waals surface area contributed by atoms with E-state index in [0.717, 1.165) is 12.8 Å². The average molecular weight is 240 g/mol. The van der Waals surface area contributed by atoms with E-state index in [0.29, 0.717) is 6.61 Å². The molecule has 2 nitrogen and oxygen atoms in total. The zero-order valence-electron chi connectivity index (χ0n) is 10.7. The van der Waals surface area contributed by atoms with Crippen LogP contribution in [-0.4, -0.2) is 12.6 Å². The summed E-state index contributed by atoms with van der Waals surface area (Å²) in [7, 11) is 0. The third-order valence-electron chi connectivity index (χ3n) is 1.63. The molecule has 92 valence electrons. The first-order chi connectivity index (χ1) is 8.77. The first-order valence-corrected chi connectivity index (χ1v) is 5.64. The second-order valence-corrected chi connectivity index (χ2v) is 3.16. The van der Waals surface area contributed by atoms with Crippen LogP contribution in [0.2, 0.25) is 0 Å². The molecule has 0 rings (SSSR count). The Morgan fingerprint density at radius 2 is 1.94 bits per heavy atom. The van der Waals surface area contributed by atoms with Gasteiger partial charge in [0.05, 0.1) is 6.61 Å². The van der Waals surface area contributed by atoms with Gasteiger partial charge in [0.25, 0.3) is 0 Å². The van der Waals surface area contributed by atoms with Crippen molar-refractivity contribution in [1.29, 1.82) is 0 Å². The van der Waals surface area contributed by atoms with Crippen LogP contribution in [0.15, 0.2) is 24.3 Å². The van der Waals surface area contributed by atoms with Gasteiger partial charge in [-0.25, -0.2) is 0 Å². The minimum atomic E-state index is -0.233. The Kier molecular flexibility index (Phi) is 11.0. The highest BCUT2D eigenvalue weighted by atomic mass is 16.5. The summed E-state index contributed by atoms with van der Waals surface area (Å²) in [5.74, 6) is 15.6. The molecule has 0 saturated carbocycles. The number of hydrogen-bond acceptors (Lipinski definition) is 2. The van der Waals surface area contributed by atoms with Crippen molar-refractivity contribution in [2.45, 2.75) is 26.7 Å². The standard InChI is InChI=1S/C16H16O2/c1-3-4-5-6-7-8-9-10-11-12-13-14-15-18-16(2)17/h9-12H,13-15H2,1-2H3. The van der Waals surface area contributed by atoms with Crippen LogP contribution in [0.1, 0.15) is 26.7 Å². The maximum Gasteiger partial charge on any atom is 0.302 e. The highest BCUT2D eigenvalue weighted by molar-refractivity contribution is 5.65. The van der Waals surface area contributed by atoms with Gasteiger partial charge in [-0.15, -0.1) is 0 Å². The summed E-state index contributed by atoms with van der Waals surface area (Å²) in [6, 6.07) is 0. The van der Waals surface area contributed by atoms with E-state index in [4.69, 9.17) is 4.74 Å². The van der Waals surface area contributed by atoms with E-state index in [1.807, 2.05) is 18.2 Å². The molecule has 0 amide bonds. The van der Waals surface area contributed by atoms with Gasteiger partial charge in [-0.2, -0.15) is 0 Å². The van der Waals surface area contributed by atoms with Gasteiger partial charge in [0.2, 0.25) is 0 Å². The monoisotopic (exact) mass is 240 g/mol. The highest BCUT2D eigenvalue weighted by Crippen LogP contribution is 1.92. The highest BCUT2D eigenvalue weighted by Gasteiger charge is 1.89. The molecular formula is C16H16O2. The maximum atomic E-state index is 10.5. The lowest BCUT2D eigenvalue weighted by molar-refractivity contribution is -0.141. The molecule has 0 bridgehead atoms. The predicted molar refractivity (Wildman–Crippen MR) is 73.1 cm³/mol. The van der Waals surface area contributed by atoms with Crippen molar-refractivity contribution in [1.82, 2.24) is 0 Å². The number of carbonyl (C=O) groups excluding carboxylic acids is 1. The average Bonchev–Trinajstić information content (AvgIpc) is 2.34. The minimum absolute atomic E-state index is 0.233. The van der Waals surface area contributed by atoms with E-state index >= 15 is 0 Å². The molecule has 0 aromatic heterocycles. The van der Waals surface area contributed by atoms with Crippen molar-refractivity contribution in [3.05, 3.63) is 24.3 Å². The molecule has 0 fully saturated rings. The fraction of sp³-hybridized carbons (Fsp3) is 0.312. The van der Waals surface area contributed by atoms with Gasteiger partial charge in [-0.1, -0.05) is 30.1 Å². The summed E-state index contributed by atoms with van der Waals surface area (Å²) in [5.41, 5.74) is 0. The van der Waals surface area contributed by atoms with Crippen molar-refractivity contribution in [2.75, 3.05) is 6.61 Å². The van der Waals surface area contributed by atoms with Crippen LogP contribution < -0.4 is 0 Å². The fourth-order valence-corrected chi connectivity index (χ4v) is 0.898. The number of allylic oxidation sites excluding steroid dienone is 4. The number of esters is 1. The summed E-state index contributed by atoms with van der Waals surface area (Å²) in [4.78, 5) is 10.5. The Morgan fingerprint density at radius 1 is 1.17 bits per heavy atom. The molecule has 18 heavy (non-hydrogen) atoms. The molecule has 0 atom stereocenters. The van der Waals surface area contributed by atoms with Crippen LogP contribution in [0.5, 0.6) is 0 Å². The Bertz CT molecular complexity index is 476. The van der Waals surface area contributed by atoms with Crippen LogP contribution in [-0.2, 0) is 9.53 Å². The van der Waals surface area contributed by atoms with E-state index in [1.165, 1.54) is 6.92 Å². The maximum absolute atomic E-state index is 10.5. The SMILES string of the molecule is CC#CC#CC#CC=CC=CCCCOC(C)=O. The summed E-state index contributed by atoms with van der Waals surface area (Å²) in [5, 5.41) is 0. The number of unbranched alkanes of at least 4 members (excludes halogenated alkanes) is 1. The molecule has 2 heteroatoms. The first-order valence-electron chi connectivity index (χ1n) is 5.64. The lowest BCUT2D eigenvalue weighted by Gasteiger charge is -1.97. The van der Waals surface area contributed by atoms with E-state index in [-0.39, 0.29) is 5.97 Å². The topological polar surface area (TPSA) is 26.3 Å². The van der Waals surface area contributed by atoms with Gasteiger partial charge in [-0.05, 0) is 49.5 Å². The van der Waals surface area contributed by atoms with Crippen LogP contribution >= 0.6 is 0 Å². The van der Waals surface area contributed by atoms with Gasteiger partial charge in [-0.3, -0.25) is 4.79 Å². The minimum Gasteiger partial charge on any atom is -0.466 e. The lowest BCUT2D eigenvalue weighted by atomic mass is 10.3. The molecule has 0 aliphatic heterocycles. The second-order valence-electron chi connectivity index (χ2n) is 3.16. The summed E-state index contributed by atoms with van der Waals surface area (Å²) in [6.07, 6.45) is 9.16. The Hall–Kier alpha value is -2.37. The number of hydrogen-bond donors (Lipinski definition) is 0. The number of rotatable bonds is 5. The molecule has 0 aromatic carbocycles. The van der Waals surface area contributed by atoms with Crippen molar-refractivity contribution in [2.24, 2.45) is 0 Å². The van der Waals surface area contributed by atoms with Crippen molar-refractivity contribution in [3.63, 3.8) is 0 Å². The predicted octanol–water partition coefficient (Wildman–Crippen LogP) is 2.47. The molecule has 0 heterocycles. The smallest absolute Gasteiger partial charge is 0.302 e. The van der Waals surface area contributed by atoms with Crippen molar-refractivity contribution >= 4 is 5.97 Å². The first kappa shape index (κ1) is 15.6. The molecule has 0 aliphatic rings. The van der Waals surface area contributed by atoms with E-state index < -0.39 is 0 Å². The number of ether oxygens (including phenoxy) is 1. The van der Waals surface area contributed by atoms with Crippen molar-refractivity contribution < 1.29 is 9.53 Å². The molecule has 0 aliphatic carbocycles. The molecule has 0 saturated heterocycles. The third-order valence-corrected chi connectivity index (χ3v) is 1.63. The molecule has 0 aromatic rings. The number of carbonyl (C=O) groups is 1. The molecule has 0 N–H and O–H groups in total. The third kappa shape index (κ3) is 13.6. The van der Waals surface area contributed by atoms with Crippen LogP contribution in [0.4, 0.5) is 0 Å². The summed E-state index contributed by atoms with van der Waals surface area (Å²) < 4.78 is 4.79. The Labute approximate surface area is 109 Å². The largest absolute Gasteiger partial charge is 0.466 e. The van der Waals surface area contributed by atoms with Gasteiger partial charge in [0, 0.05) is 6.92 Å². The van der Waals surface area contributed by atoms with Gasteiger partial charge >= 0.3 is 5.97 Å². The quantitative estimate of drug-likeness (QED) is 0.319. The van der Waals surface area contributed by atoms with Crippen LogP contribution in [0.25, 0.3) is 0 Å². The molecule has 0 unspecified atom stereocenters. The zero-order chi connectivity index (χ0) is 13.5. The van der Waals surface area contributed by atoms with E-state index in [1.54, 1.807) is 13.0 Å². The second kappa shape index (κ2) is 12.7. The molecular weight excluding hydrogens is 224 g/mol. The van der Waals surface area contributed by atoms with Gasteiger partial charge in [0.15, 0.2) is 0 Å².